The Bertz CT molecular complexity index is 780. The van der Waals surface area contributed by atoms with Crippen LogP contribution in [0.4, 0.5) is 5.82 Å². The summed E-state index contributed by atoms with van der Waals surface area (Å²) in [7, 11) is 3.36. The first kappa shape index (κ1) is 13.4. The monoisotopic (exact) mass is 304 g/mol. The van der Waals surface area contributed by atoms with E-state index in [0.717, 1.165) is 5.56 Å². The molecule has 0 amide bonds. The quantitative estimate of drug-likeness (QED) is 0.773. The van der Waals surface area contributed by atoms with Gasteiger partial charge in [0.25, 0.3) is 0 Å². The molecule has 0 saturated heterocycles. The van der Waals surface area contributed by atoms with E-state index >= 15 is 0 Å². The lowest BCUT2D eigenvalue weighted by atomic mass is 10.0. The highest BCUT2D eigenvalue weighted by Crippen LogP contribution is 2.40. The second-order valence-corrected chi connectivity index (χ2v) is 4.87. The first-order valence-corrected chi connectivity index (χ1v) is 6.52. The molecule has 0 saturated carbocycles. The predicted molar refractivity (Wildman–Crippen MR) is 80.0 cm³/mol. The smallest absolute Gasteiger partial charge is 0.133 e. The van der Waals surface area contributed by atoms with Gasteiger partial charge in [0.05, 0.1) is 18.9 Å². The Morgan fingerprint density at radius 3 is 2.86 bits per heavy atom. The molecule has 2 heterocycles. The number of nitrogens with one attached hydrogen (secondary N) is 1. The number of nitrogens with zero attached hydrogens (tertiary/aromatic N) is 4. The van der Waals surface area contributed by atoms with Gasteiger partial charge in [-0.2, -0.15) is 20.5 Å². The topological polar surface area (TPSA) is 94.6 Å². The average Bonchev–Trinajstić information content (AvgIpc) is 3.08. The molecule has 0 bridgehead atoms. The number of benzene rings is 1. The standard InChI is InChI=1S/C13H13ClN6O/c1-20-13(15)11(12(18-20)9-6-16-19-17-9)8-5-7(14)3-4-10(8)21-2/h3-6H,15H2,1-2H3,(H,16,17,19). The summed E-state index contributed by atoms with van der Waals surface area (Å²) in [4.78, 5) is 0. The normalized spacial score (nSPS) is 10.8. The number of hydrogen-bond donors (Lipinski definition) is 2. The van der Waals surface area contributed by atoms with E-state index in [1.807, 2.05) is 0 Å². The van der Waals surface area contributed by atoms with Gasteiger partial charge in [-0.3, -0.25) is 4.68 Å². The van der Waals surface area contributed by atoms with Crippen LogP contribution in [-0.4, -0.2) is 32.3 Å². The minimum Gasteiger partial charge on any atom is -0.496 e. The van der Waals surface area contributed by atoms with E-state index in [0.29, 0.717) is 33.5 Å². The van der Waals surface area contributed by atoms with Crippen LogP contribution in [0.3, 0.4) is 0 Å². The summed E-state index contributed by atoms with van der Waals surface area (Å²) in [6, 6.07) is 5.33. The van der Waals surface area contributed by atoms with Crippen LogP contribution in [0.2, 0.25) is 5.02 Å². The van der Waals surface area contributed by atoms with Crippen molar-refractivity contribution in [1.82, 2.24) is 25.2 Å². The number of nitrogens with two attached hydrogens (primary N) is 1. The van der Waals surface area contributed by atoms with E-state index in [1.54, 1.807) is 43.2 Å². The van der Waals surface area contributed by atoms with Crippen LogP contribution < -0.4 is 10.5 Å². The Kier molecular flexibility index (Phi) is 3.26. The summed E-state index contributed by atoms with van der Waals surface area (Å²) in [6.45, 7) is 0. The highest BCUT2D eigenvalue weighted by atomic mass is 35.5. The molecule has 0 aliphatic rings. The summed E-state index contributed by atoms with van der Waals surface area (Å²) >= 11 is 6.10. The molecule has 2 aromatic heterocycles. The van der Waals surface area contributed by atoms with Crippen LogP contribution in [0.25, 0.3) is 22.5 Å². The molecule has 3 aromatic rings. The van der Waals surface area contributed by atoms with Crippen molar-refractivity contribution in [3.05, 3.63) is 29.4 Å². The number of nitrogen functional groups attached to an aromatic ring is 1. The van der Waals surface area contributed by atoms with Gasteiger partial charge in [-0.05, 0) is 18.2 Å². The molecule has 3 rings (SSSR count). The van der Waals surface area contributed by atoms with Gasteiger partial charge >= 0.3 is 0 Å². The molecule has 0 spiro atoms. The molecule has 0 unspecified atom stereocenters. The van der Waals surface area contributed by atoms with Crippen LogP contribution in [-0.2, 0) is 7.05 Å². The highest BCUT2D eigenvalue weighted by Gasteiger charge is 2.22. The zero-order valence-electron chi connectivity index (χ0n) is 11.5. The molecule has 21 heavy (non-hydrogen) atoms. The average molecular weight is 305 g/mol. The molecule has 1 aromatic carbocycles. The van der Waals surface area contributed by atoms with Crippen molar-refractivity contribution in [3.8, 4) is 28.3 Å². The molecule has 8 heteroatoms. The van der Waals surface area contributed by atoms with Crippen molar-refractivity contribution < 1.29 is 4.74 Å². The maximum Gasteiger partial charge on any atom is 0.133 e. The summed E-state index contributed by atoms with van der Waals surface area (Å²) in [5, 5.41) is 15.4. The fraction of sp³-hybridized carbons (Fsp3) is 0.154. The summed E-state index contributed by atoms with van der Waals surface area (Å²) in [6.07, 6.45) is 1.59. The third-order valence-electron chi connectivity index (χ3n) is 3.18. The predicted octanol–water partition coefficient (Wildman–Crippen LogP) is 2.12. The Hall–Kier alpha value is -2.54. The van der Waals surface area contributed by atoms with Crippen LogP contribution in [0.15, 0.2) is 24.4 Å². The van der Waals surface area contributed by atoms with Gasteiger partial charge in [-0.1, -0.05) is 11.6 Å². The molecule has 0 radical (unpaired) electrons. The number of aromatic amines is 1. The Balaban J connectivity index is 2.30. The molecular weight excluding hydrogens is 292 g/mol. The first-order chi connectivity index (χ1) is 10.1. The van der Waals surface area contributed by atoms with E-state index in [2.05, 4.69) is 20.5 Å². The maximum atomic E-state index is 6.16. The van der Waals surface area contributed by atoms with Crippen molar-refractivity contribution in [2.45, 2.75) is 0 Å². The lowest BCUT2D eigenvalue weighted by Gasteiger charge is -2.09. The molecular formula is C13H13ClN6O. The van der Waals surface area contributed by atoms with Crippen molar-refractivity contribution >= 4 is 17.4 Å². The molecule has 7 nitrogen and oxygen atoms in total. The minimum absolute atomic E-state index is 0.494. The van der Waals surface area contributed by atoms with E-state index in [9.17, 15) is 0 Å². The molecule has 0 atom stereocenters. The third-order valence-corrected chi connectivity index (χ3v) is 3.42. The third kappa shape index (κ3) is 2.21. The van der Waals surface area contributed by atoms with Gasteiger partial charge in [-0.15, -0.1) is 0 Å². The number of halogens is 1. The fourth-order valence-corrected chi connectivity index (χ4v) is 2.35. The molecule has 3 N–H and O–H groups in total. The number of H-pyrrole nitrogens is 1. The molecule has 0 aliphatic carbocycles. The van der Waals surface area contributed by atoms with Crippen molar-refractivity contribution in [1.29, 1.82) is 0 Å². The number of aryl methyl sites for hydroxylation is 1. The van der Waals surface area contributed by atoms with Crippen molar-refractivity contribution in [2.75, 3.05) is 12.8 Å². The van der Waals surface area contributed by atoms with Gasteiger partial charge in [0.2, 0.25) is 0 Å². The van der Waals surface area contributed by atoms with E-state index in [-0.39, 0.29) is 0 Å². The van der Waals surface area contributed by atoms with Gasteiger partial charge in [0.15, 0.2) is 0 Å². The van der Waals surface area contributed by atoms with E-state index < -0.39 is 0 Å². The number of ether oxygens (including phenoxy) is 1. The Morgan fingerprint density at radius 1 is 1.38 bits per heavy atom. The van der Waals surface area contributed by atoms with Crippen molar-refractivity contribution in [2.24, 2.45) is 7.05 Å². The lowest BCUT2D eigenvalue weighted by Crippen LogP contribution is -1.98. The lowest BCUT2D eigenvalue weighted by molar-refractivity contribution is 0.416. The van der Waals surface area contributed by atoms with Crippen LogP contribution in [0.5, 0.6) is 5.75 Å². The second-order valence-electron chi connectivity index (χ2n) is 4.43. The van der Waals surface area contributed by atoms with E-state index in [1.165, 1.54) is 0 Å². The van der Waals surface area contributed by atoms with Gasteiger partial charge in [0, 0.05) is 17.6 Å². The molecule has 108 valence electrons. The Morgan fingerprint density at radius 2 is 2.19 bits per heavy atom. The van der Waals surface area contributed by atoms with Crippen LogP contribution in [0, 0.1) is 0 Å². The number of rotatable bonds is 3. The maximum absolute atomic E-state index is 6.16. The number of aromatic nitrogens is 5. The largest absolute Gasteiger partial charge is 0.496 e. The van der Waals surface area contributed by atoms with Gasteiger partial charge in [0.1, 0.15) is 23.0 Å². The van der Waals surface area contributed by atoms with Gasteiger partial charge in [-0.25, -0.2) is 0 Å². The van der Waals surface area contributed by atoms with Gasteiger partial charge < -0.3 is 10.5 Å². The van der Waals surface area contributed by atoms with Crippen molar-refractivity contribution in [3.63, 3.8) is 0 Å². The van der Waals surface area contributed by atoms with Crippen LogP contribution in [0.1, 0.15) is 0 Å². The van der Waals surface area contributed by atoms with E-state index in [4.69, 9.17) is 22.1 Å². The molecule has 0 aliphatic heterocycles. The summed E-state index contributed by atoms with van der Waals surface area (Å²) < 4.78 is 6.98. The minimum atomic E-state index is 0.494. The zero-order valence-corrected chi connectivity index (χ0v) is 12.2. The fourth-order valence-electron chi connectivity index (χ4n) is 2.17. The highest BCUT2D eigenvalue weighted by molar-refractivity contribution is 6.31. The summed E-state index contributed by atoms with van der Waals surface area (Å²) in [5.74, 6) is 1.15. The first-order valence-electron chi connectivity index (χ1n) is 6.14. The second kappa shape index (κ2) is 5.10. The summed E-state index contributed by atoms with van der Waals surface area (Å²) in [5.41, 5.74) is 8.84. The molecule has 0 fully saturated rings. The number of methoxy groups -OCH3 is 1. The number of hydrogen-bond acceptors (Lipinski definition) is 5. The van der Waals surface area contributed by atoms with Crippen LogP contribution >= 0.6 is 11.6 Å². The zero-order chi connectivity index (χ0) is 15.0. The SMILES string of the molecule is COc1ccc(Cl)cc1-c1c(-c2cn[nH]n2)nn(C)c1N. The number of anilines is 1. The Labute approximate surface area is 125 Å².